The van der Waals surface area contributed by atoms with Crippen LogP contribution in [0.4, 0.5) is 26.3 Å². The Balaban J connectivity index is 1.24. The second-order valence-electron chi connectivity index (χ2n) is 13.8. The number of carbonyl (C=O) groups is 3. The minimum absolute atomic E-state index is 0.0134. The molecule has 0 radical (unpaired) electrons. The highest BCUT2D eigenvalue weighted by atomic mass is 19.4. The van der Waals surface area contributed by atoms with Crippen LogP contribution in [0.25, 0.3) is 5.57 Å². The first-order valence-corrected chi connectivity index (χ1v) is 17.7. The largest absolute Gasteiger partial charge is 0.488 e. The van der Waals surface area contributed by atoms with Gasteiger partial charge >= 0.3 is 6.18 Å². The molecule has 3 aromatic rings. The molecular formula is C39H40F6N4O4. The second kappa shape index (κ2) is 16.0. The van der Waals surface area contributed by atoms with Gasteiger partial charge in [-0.15, -0.1) is 0 Å². The zero-order chi connectivity index (χ0) is 37.9. The van der Waals surface area contributed by atoms with Gasteiger partial charge in [0.15, 0.2) is 17.4 Å². The van der Waals surface area contributed by atoms with Crippen LogP contribution in [0, 0.1) is 17.5 Å². The summed E-state index contributed by atoms with van der Waals surface area (Å²) in [5, 5.41) is 3.51. The molecule has 0 spiro atoms. The van der Waals surface area contributed by atoms with Crippen molar-refractivity contribution in [3.63, 3.8) is 0 Å². The van der Waals surface area contributed by atoms with Crippen LogP contribution < -0.4 is 15.8 Å². The Bertz CT molecular complexity index is 1880. The van der Waals surface area contributed by atoms with E-state index in [0.717, 1.165) is 47.7 Å². The molecule has 3 aromatic carbocycles. The number of amides is 3. The summed E-state index contributed by atoms with van der Waals surface area (Å²) >= 11 is 0. The molecule has 53 heavy (non-hydrogen) atoms. The fourth-order valence-corrected chi connectivity index (χ4v) is 7.06. The van der Waals surface area contributed by atoms with Crippen molar-refractivity contribution in [3.05, 3.63) is 106 Å². The number of alkyl halides is 3. The van der Waals surface area contributed by atoms with Gasteiger partial charge < -0.3 is 25.6 Å². The van der Waals surface area contributed by atoms with E-state index in [4.69, 9.17) is 10.5 Å². The molecule has 1 saturated carbocycles. The van der Waals surface area contributed by atoms with Crippen LogP contribution in [-0.4, -0.2) is 65.3 Å². The van der Waals surface area contributed by atoms with Gasteiger partial charge in [-0.3, -0.25) is 14.4 Å². The van der Waals surface area contributed by atoms with E-state index in [2.05, 4.69) is 5.32 Å². The fourth-order valence-electron chi connectivity index (χ4n) is 7.06. The number of rotatable bonds is 14. The molecule has 2 atom stereocenters. The maximum absolute atomic E-state index is 14.7. The van der Waals surface area contributed by atoms with Crippen molar-refractivity contribution in [2.75, 3.05) is 19.7 Å². The number of nitrogens with two attached hydrogens (primary N) is 1. The Hall–Kier alpha value is -4.85. The zero-order valence-electron chi connectivity index (χ0n) is 28.9. The molecule has 14 heteroatoms. The lowest BCUT2D eigenvalue weighted by atomic mass is 9.82. The monoisotopic (exact) mass is 742 g/mol. The maximum atomic E-state index is 14.7. The van der Waals surface area contributed by atoms with Gasteiger partial charge in [0.05, 0.1) is 18.2 Å². The van der Waals surface area contributed by atoms with E-state index in [1.165, 1.54) is 6.07 Å². The number of piperazine rings is 1. The molecule has 6 rings (SSSR count). The number of aryl methyl sites for hydroxylation is 1. The lowest BCUT2D eigenvalue weighted by molar-refractivity contribution is -0.137. The van der Waals surface area contributed by atoms with E-state index in [-0.39, 0.29) is 56.4 Å². The van der Waals surface area contributed by atoms with Crippen LogP contribution in [0.15, 0.2) is 66.2 Å². The highest BCUT2D eigenvalue weighted by Crippen LogP contribution is 2.38. The summed E-state index contributed by atoms with van der Waals surface area (Å²) in [6, 6.07) is 13.1. The van der Waals surface area contributed by atoms with Gasteiger partial charge in [0.2, 0.25) is 17.6 Å². The average molecular weight is 743 g/mol. The van der Waals surface area contributed by atoms with E-state index in [0.29, 0.717) is 49.4 Å². The summed E-state index contributed by atoms with van der Waals surface area (Å²) in [6.07, 6.45) is -1.31. The van der Waals surface area contributed by atoms with Crippen molar-refractivity contribution in [2.45, 2.75) is 82.2 Å². The molecule has 3 aliphatic rings. The van der Waals surface area contributed by atoms with Crippen LogP contribution in [0.5, 0.6) is 5.75 Å². The molecule has 3 amide bonds. The topological polar surface area (TPSA) is 105 Å². The molecule has 2 heterocycles. The minimum Gasteiger partial charge on any atom is -0.488 e. The smallest absolute Gasteiger partial charge is 0.416 e. The summed E-state index contributed by atoms with van der Waals surface area (Å²) < 4.78 is 87.3. The molecule has 0 aromatic heterocycles. The lowest BCUT2D eigenvalue weighted by Crippen LogP contribution is -2.62. The summed E-state index contributed by atoms with van der Waals surface area (Å²) in [6.45, 7) is 0.514. The molecule has 2 aliphatic heterocycles. The van der Waals surface area contributed by atoms with Crippen LogP contribution in [0.1, 0.15) is 67.2 Å². The number of nitrogens with one attached hydrogen (secondary N) is 1. The molecule has 3 N–H and O–H groups in total. The minimum atomic E-state index is -4.53. The third-order valence-corrected chi connectivity index (χ3v) is 9.82. The van der Waals surface area contributed by atoms with Crippen LogP contribution >= 0.6 is 0 Å². The number of nitrogens with zero attached hydrogens (tertiary/aromatic N) is 2. The number of carbonyl (C=O) groups excluding carboxylic acids is 3. The van der Waals surface area contributed by atoms with Gasteiger partial charge in [0.1, 0.15) is 0 Å². The van der Waals surface area contributed by atoms with Crippen molar-refractivity contribution in [3.8, 4) is 5.75 Å². The first-order chi connectivity index (χ1) is 25.3. The summed E-state index contributed by atoms with van der Waals surface area (Å²) in [7, 11) is 0. The number of hydrogen-bond donors (Lipinski definition) is 2. The van der Waals surface area contributed by atoms with Crippen LogP contribution in [-0.2, 0) is 33.5 Å². The van der Waals surface area contributed by atoms with Crippen molar-refractivity contribution < 1.29 is 45.5 Å². The predicted octanol–water partition coefficient (Wildman–Crippen LogP) is 6.31. The van der Waals surface area contributed by atoms with E-state index in [9.17, 15) is 40.7 Å². The van der Waals surface area contributed by atoms with Gasteiger partial charge in [-0.25, -0.2) is 8.78 Å². The number of ether oxygens (including phenoxy) is 1. The molecule has 2 bridgehead atoms. The van der Waals surface area contributed by atoms with Gasteiger partial charge in [0, 0.05) is 50.1 Å². The summed E-state index contributed by atoms with van der Waals surface area (Å²) in [5.74, 6) is -5.31. The number of fused-ring (bicyclic) bond motifs is 2. The molecule has 8 nitrogen and oxygen atoms in total. The number of hydrogen-bond acceptors (Lipinski definition) is 5. The van der Waals surface area contributed by atoms with E-state index in [1.807, 2.05) is 24.3 Å². The summed E-state index contributed by atoms with van der Waals surface area (Å²) in [4.78, 5) is 42.4. The normalized spacial score (nSPS) is 18.6. The van der Waals surface area contributed by atoms with Crippen molar-refractivity contribution in [1.29, 1.82) is 0 Å². The van der Waals surface area contributed by atoms with Crippen molar-refractivity contribution in [1.82, 2.24) is 15.1 Å². The molecular weight excluding hydrogens is 702 g/mol. The standard InChI is InChI=1S/C39H40F6N4O4/c40-30-15-16-31(41)37(36(30)42)53-17-3-5-23-9-11-25(12-10-23)29-19-27-21-48(34(51)8-2-7-33(46)50)22-32(47-27)35(29)38(52)49(28-13-14-28)20-24-4-1-6-26(18-24)39(43,44)45/h1,4,6,9-12,15-16,18,27-28,32,47H,2-3,5,7-8,13-14,17,19-22H2,(H2,46,50)/t27-,32-/m1/s1. The Morgan fingerprint density at radius 2 is 1.64 bits per heavy atom. The highest BCUT2D eigenvalue weighted by Gasteiger charge is 2.43. The first kappa shape index (κ1) is 37.9. The van der Waals surface area contributed by atoms with Crippen molar-refractivity contribution in [2.24, 2.45) is 5.73 Å². The quantitative estimate of drug-likeness (QED) is 0.115. The average Bonchev–Trinajstić information content (AvgIpc) is 3.97. The Kier molecular flexibility index (Phi) is 11.5. The number of primary amides is 1. The Labute approximate surface area is 303 Å². The number of benzene rings is 3. The van der Waals surface area contributed by atoms with Gasteiger partial charge in [-0.05, 0) is 85.1 Å². The van der Waals surface area contributed by atoms with E-state index < -0.39 is 46.9 Å². The van der Waals surface area contributed by atoms with Crippen LogP contribution in [0.3, 0.4) is 0 Å². The number of halogens is 6. The zero-order valence-corrected chi connectivity index (χ0v) is 28.9. The predicted molar refractivity (Wildman–Crippen MR) is 183 cm³/mol. The van der Waals surface area contributed by atoms with Gasteiger partial charge in [-0.2, -0.15) is 17.6 Å². The van der Waals surface area contributed by atoms with Gasteiger partial charge in [0.25, 0.3) is 5.91 Å². The SMILES string of the molecule is NC(=O)CCCC(=O)N1C[C@H]2CC(c3ccc(CCCOc4c(F)ccc(F)c4F)cc3)=C(C(=O)N(Cc3cccc(C(F)(F)F)c3)C3CC3)[C@@H](C1)N2. The van der Waals surface area contributed by atoms with E-state index in [1.54, 1.807) is 15.9 Å². The molecule has 282 valence electrons. The van der Waals surface area contributed by atoms with Crippen molar-refractivity contribution >= 4 is 23.3 Å². The molecule has 2 fully saturated rings. The third-order valence-electron chi connectivity index (χ3n) is 9.82. The first-order valence-electron chi connectivity index (χ1n) is 17.7. The lowest BCUT2D eigenvalue weighted by Gasteiger charge is -2.45. The van der Waals surface area contributed by atoms with E-state index >= 15 is 0 Å². The van der Waals surface area contributed by atoms with Crippen LogP contribution in [0.2, 0.25) is 0 Å². The molecule has 1 saturated heterocycles. The van der Waals surface area contributed by atoms with Gasteiger partial charge in [-0.1, -0.05) is 36.4 Å². The summed E-state index contributed by atoms with van der Waals surface area (Å²) in [5.41, 5.74) is 7.72. The highest BCUT2D eigenvalue weighted by molar-refractivity contribution is 6.03. The second-order valence-corrected chi connectivity index (χ2v) is 13.8. The molecule has 0 unspecified atom stereocenters. The maximum Gasteiger partial charge on any atom is 0.416 e. The molecule has 1 aliphatic carbocycles. The fraction of sp³-hybridized carbons (Fsp3) is 0.410. The third kappa shape index (κ3) is 9.21. The Morgan fingerprint density at radius 1 is 0.906 bits per heavy atom. The Morgan fingerprint density at radius 3 is 2.34 bits per heavy atom.